The number of allylic oxidation sites excluding steroid dienone is 1. The van der Waals surface area contributed by atoms with Gasteiger partial charge in [0.05, 0.1) is 34.9 Å². The molecule has 1 aliphatic heterocycles. The van der Waals surface area contributed by atoms with Crippen molar-refractivity contribution >= 4 is 43.9 Å². The highest BCUT2D eigenvalue weighted by atomic mass is 32.2. The Hall–Kier alpha value is -3.45. The van der Waals surface area contributed by atoms with E-state index in [1.165, 1.54) is 26.5 Å². The van der Waals surface area contributed by atoms with Gasteiger partial charge in [0.25, 0.3) is 5.56 Å². The first-order chi connectivity index (χ1) is 17.0. The van der Waals surface area contributed by atoms with E-state index in [-0.39, 0.29) is 22.9 Å². The number of thiophene rings is 1. The number of aromatic nitrogens is 4. The summed E-state index contributed by atoms with van der Waals surface area (Å²) < 4.78 is 33.7. The van der Waals surface area contributed by atoms with Crippen LogP contribution in [0.3, 0.4) is 0 Å². The summed E-state index contributed by atoms with van der Waals surface area (Å²) in [6.45, 7) is 5.41. The van der Waals surface area contributed by atoms with Crippen LogP contribution in [0.1, 0.15) is 0 Å². The molecule has 0 atom stereocenters. The number of hydrogen-bond acceptors (Lipinski definition) is 9. The van der Waals surface area contributed by atoms with Gasteiger partial charge in [0.2, 0.25) is 16.0 Å². The Balaban J connectivity index is 1.47. The van der Waals surface area contributed by atoms with Crippen LogP contribution in [-0.4, -0.2) is 58.8 Å². The van der Waals surface area contributed by atoms with Gasteiger partial charge in [0, 0.05) is 25.0 Å². The molecular weight excluding hydrogens is 488 g/mol. The molecule has 3 aromatic heterocycles. The van der Waals surface area contributed by atoms with E-state index in [0.717, 1.165) is 4.88 Å². The fourth-order valence-electron chi connectivity index (χ4n) is 3.73. The lowest BCUT2D eigenvalue weighted by Gasteiger charge is -2.26. The number of ether oxygens (including phenoxy) is 1. The van der Waals surface area contributed by atoms with Crippen LogP contribution in [0.2, 0.25) is 0 Å². The molecule has 0 radical (unpaired) electrons. The van der Waals surface area contributed by atoms with Crippen LogP contribution in [0.15, 0.2) is 70.3 Å². The zero-order chi connectivity index (χ0) is 24.4. The summed E-state index contributed by atoms with van der Waals surface area (Å²) in [6.07, 6.45) is 3.08. The Labute approximate surface area is 205 Å². The Morgan fingerprint density at radius 1 is 1.17 bits per heavy atom. The van der Waals surface area contributed by atoms with Crippen LogP contribution < -0.4 is 10.9 Å². The summed E-state index contributed by atoms with van der Waals surface area (Å²) >= 11 is 1.50. The van der Waals surface area contributed by atoms with E-state index in [1.807, 2.05) is 17.5 Å². The molecular formula is C23H22N6O4S2. The third-order valence-electron chi connectivity index (χ3n) is 5.47. The minimum absolute atomic E-state index is 0.205. The number of anilines is 2. The molecule has 1 N–H and O–H groups in total. The van der Waals surface area contributed by atoms with Crippen LogP contribution in [0.25, 0.3) is 21.5 Å². The second-order valence-corrected chi connectivity index (χ2v) is 10.6. The van der Waals surface area contributed by atoms with E-state index in [0.29, 0.717) is 48.6 Å². The van der Waals surface area contributed by atoms with Gasteiger partial charge in [-0.15, -0.1) is 17.9 Å². The van der Waals surface area contributed by atoms with Gasteiger partial charge < -0.3 is 10.1 Å². The summed E-state index contributed by atoms with van der Waals surface area (Å²) in [5.74, 6) is 0.266. The highest BCUT2D eigenvalue weighted by Gasteiger charge is 2.26. The Bertz CT molecular complexity index is 1530. The van der Waals surface area contributed by atoms with E-state index in [2.05, 4.69) is 27.0 Å². The van der Waals surface area contributed by atoms with Crippen molar-refractivity contribution in [2.45, 2.75) is 11.4 Å². The molecule has 0 amide bonds. The van der Waals surface area contributed by atoms with Gasteiger partial charge in [-0.1, -0.05) is 12.1 Å². The predicted molar refractivity (Wildman–Crippen MR) is 134 cm³/mol. The molecule has 1 fully saturated rings. The summed E-state index contributed by atoms with van der Waals surface area (Å²) in [4.78, 5) is 22.8. The molecule has 12 heteroatoms. The first-order valence-corrected chi connectivity index (χ1v) is 13.2. The molecule has 10 nitrogen and oxygen atoms in total. The fraction of sp³-hybridized carbons (Fsp3) is 0.217. The lowest BCUT2D eigenvalue weighted by molar-refractivity contribution is 0.0730. The Kier molecular flexibility index (Phi) is 6.43. The number of benzene rings is 1. The lowest BCUT2D eigenvalue weighted by atomic mass is 10.2. The number of nitrogens with zero attached hydrogens (tertiary/aromatic N) is 5. The standard InChI is InChI=1S/C23H22N6O4S2/c1-2-9-29-22(30)18-15-24-23(26-20(18)21(27-29)19-4-3-14-34-19)25-16-5-7-17(8-6-16)35(31,32)28-10-12-33-13-11-28/h2-8,14-15H,1,9-13H2,(H,24,25,26). The van der Waals surface area contributed by atoms with Crippen molar-refractivity contribution in [3.8, 4) is 10.6 Å². The summed E-state index contributed by atoms with van der Waals surface area (Å²) in [7, 11) is -3.58. The van der Waals surface area contributed by atoms with Crippen LogP contribution in [0.5, 0.6) is 0 Å². The molecule has 0 unspecified atom stereocenters. The molecule has 5 rings (SSSR count). The van der Waals surface area contributed by atoms with Gasteiger partial charge in [-0.05, 0) is 35.7 Å². The summed E-state index contributed by atoms with van der Waals surface area (Å²) in [6, 6.07) is 10.2. The maximum atomic E-state index is 12.9. The number of sulfonamides is 1. The fourth-order valence-corrected chi connectivity index (χ4v) is 5.85. The van der Waals surface area contributed by atoms with Gasteiger partial charge in [-0.25, -0.2) is 23.1 Å². The molecule has 1 aliphatic rings. The van der Waals surface area contributed by atoms with Gasteiger partial charge in [0.15, 0.2) is 0 Å². The van der Waals surface area contributed by atoms with E-state index < -0.39 is 10.0 Å². The van der Waals surface area contributed by atoms with Crippen LogP contribution in [-0.2, 0) is 21.3 Å². The molecule has 0 bridgehead atoms. The first-order valence-electron chi connectivity index (χ1n) is 10.8. The minimum atomic E-state index is -3.58. The van der Waals surface area contributed by atoms with Crippen molar-refractivity contribution in [1.82, 2.24) is 24.1 Å². The second-order valence-electron chi connectivity index (χ2n) is 7.72. The SMILES string of the molecule is C=CCn1nc(-c2cccs2)c2nc(Nc3ccc(S(=O)(=O)N4CCOCC4)cc3)ncc2c1=O. The van der Waals surface area contributed by atoms with Crippen LogP contribution in [0, 0.1) is 0 Å². The lowest BCUT2D eigenvalue weighted by Crippen LogP contribution is -2.40. The molecule has 0 aliphatic carbocycles. The smallest absolute Gasteiger partial charge is 0.278 e. The first kappa shape index (κ1) is 23.3. The molecule has 0 spiro atoms. The van der Waals surface area contributed by atoms with Crippen LogP contribution in [0.4, 0.5) is 11.6 Å². The highest BCUT2D eigenvalue weighted by molar-refractivity contribution is 7.89. The van der Waals surface area contributed by atoms with Gasteiger partial charge in [-0.2, -0.15) is 9.40 Å². The van der Waals surface area contributed by atoms with Crippen molar-refractivity contribution in [3.05, 3.63) is 71.0 Å². The average molecular weight is 511 g/mol. The average Bonchev–Trinajstić information content (AvgIpc) is 3.41. The largest absolute Gasteiger partial charge is 0.379 e. The topological polar surface area (TPSA) is 119 Å². The van der Waals surface area contributed by atoms with Crippen molar-refractivity contribution in [3.63, 3.8) is 0 Å². The second kappa shape index (κ2) is 9.66. The molecule has 1 aromatic carbocycles. The van der Waals surface area contributed by atoms with E-state index in [4.69, 9.17) is 4.74 Å². The molecule has 4 aromatic rings. The monoisotopic (exact) mass is 510 g/mol. The maximum Gasteiger partial charge on any atom is 0.278 e. The number of hydrogen-bond donors (Lipinski definition) is 1. The predicted octanol–water partition coefficient (Wildman–Crippen LogP) is 2.87. The summed E-state index contributed by atoms with van der Waals surface area (Å²) in [5.41, 5.74) is 1.32. The number of rotatable bonds is 7. The van der Waals surface area contributed by atoms with Crippen molar-refractivity contribution < 1.29 is 13.2 Å². The van der Waals surface area contributed by atoms with Crippen molar-refractivity contribution in [2.24, 2.45) is 0 Å². The van der Waals surface area contributed by atoms with Gasteiger partial charge >= 0.3 is 0 Å². The normalized spacial score (nSPS) is 14.7. The van der Waals surface area contributed by atoms with Crippen molar-refractivity contribution in [2.75, 3.05) is 31.6 Å². The Morgan fingerprint density at radius 2 is 1.94 bits per heavy atom. The van der Waals surface area contributed by atoms with Crippen LogP contribution >= 0.6 is 11.3 Å². The van der Waals surface area contributed by atoms with Gasteiger partial charge in [0.1, 0.15) is 11.2 Å². The third kappa shape index (κ3) is 4.60. The minimum Gasteiger partial charge on any atom is -0.379 e. The van der Waals surface area contributed by atoms with E-state index >= 15 is 0 Å². The summed E-state index contributed by atoms with van der Waals surface area (Å²) in [5, 5.41) is 9.87. The number of morpholine rings is 1. The maximum absolute atomic E-state index is 12.9. The molecule has 1 saturated heterocycles. The van der Waals surface area contributed by atoms with E-state index in [1.54, 1.807) is 30.3 Å². The zero-order valence-electron chi connectivity index (χ0n) is 18.6. The number of fused-ring (bicyclic) bond motifs is 1. The molecule has 4 heterocycles. The Morgan fingerprint density at radius 3 is 2.63 bits per heavy atom. The van der Waals surface area contributed by atoms with Crippen molar-refractivity contribution in [1.29, 1.82) is 0 Å². The third-order valence-corrected chi connectivity index (χ3v) is 8.26. The molecule has 35 heavy (non-hydrogen) atoms. The molecule has 180 valence electrons. The quantitative estimate of drug-likeness (QED) is 0.377. The zero-order valence-corrected chi connectivity index (χ0v) is 20.3. The highest BCUT2D eigenvalue weighted by Crippen LogP contribution is 2.28. The van der Waals surface area contributed by atoms with E-state index in [9.17, 15) is 13.2 Å². The van der Waals surface area contributed by atoms with Gasteiger partial charge in [-0.3, -0.25) is 4.79 Å². The molecule has 0 saturated carbocycles. The number of nitrogens with one attached hydrogen (secondary N) is 1.